The summed E-state index contributed by atoms with van der Waals surface area (Å²) in [5, 5.41) is 1.79. The molecule has 2 atom stereocenters. The third-order valence-corrected chi connectivity index (χ3v) is 5.82. The Balaban J connectivity index is 1.20. The number of carbonyl (C=O) groups is 2. The lowest BCUT2D eigenvalue weighted by Crippen LogP contribution is -2.52. The Hall–Kier alpha value is -3.26. The van der Waals surface area contributed by atoms with E-state index < -0.39 is 82.1 Å². The SMILES string of the molecule is O=C(ON1CC(C(F)c2cc(F)c(F)c(F)c2)C1)C(=O)ON1CC(C(F)c2cc(F)c(F)c(F)c2)C1. The van der Waals surface area contributed by atoms with Gasteiger partial charge in [-0.05, 0) is 35.4 Å². The highest BCUT2D eigenvalue weighted by atomic mass is 19.2. The van der Waals surface area contributed by atoms with Gasteiger partial charge in [-0.25, -0.2) is 44.7 Å². The Morgan fingerprint density at radius 3 is 1.19 bits per heavy atom. The van der Waals surface area contributed by atoms with Crippen molar-refractivity contribution < 1.29 is 54.4 Å². The van der Waals surface area contributed by atoms with E-state index in [1.54, 1.807) is 0 Å². The van der Waals surface area contributed by atoms with Gasteiger partial charge in [0.1, 0.15) is 12.3 Å². The van der Waals surface area contributed by atoms with Crippen LogP contribution in [0, 0.1) is 46.7 Å². The number of hydroxylamine groups is 4. The summed E-state index contributed by atoms with van der Waals surface area (Å²) in [4.78, 5) is 33.1. The predicted octanol–water partition coefficient (Wildman–Crippen LogP) is 4.02. The first kappa shape index (κ1) is 25.8. The molecule has 0 saturated carbocycles. The summed E-state index contributed by atoms with van der Waals surface area (Å²) in [6, 6.07) is 2.06. The largest absolute Gasteiger partial charge is 0.438 e. The van der Waals surface area contributed by atoms with Crippen molar-refractivity contribution in [1.82, 2.24) is 10.1 Å². The van der Waals surface area contributed by atoms with Gasteiger partial charge >= 0.3 is 11.9 Å². The quantitative estimate of drug-likeness (QED) is 0.323. The predicted molar refractivity (Wildman–Crippen MR) is 103 cm³/mol. The minimum atomic E-state index is -1.90. The topological polar surface area (TPSA) is 59.1 Å². The lowest BCUT2D eigenvalue weighted by molar-refractivity contribution is -0.250. The number of rotatable bonds is 6. The van der Waals surface area contributed by atoms with Gasteiger partial charge in [-0.15, -0.1) is 10.1 Å². The van der Waals surface area contributed by atoms with Gasteiger partial charge < -0.3 is 9.68 Å². The van der Waals surface area contributed by atoms with Crippen LogP contribution < -0.4 is 0 Å². The molecule has 2 saturated heterocycles. The first-order valence-corrected chi connectivity index (χ1v) is 10.5. The Labute approximate surface area is 197 Å². The van der Waals surface area contributed by atoms with Gasteiger partial charge in [0.15, 0.2) is 34.9 Å². The molecule has 2 aliphatic heterocycles. The summed E-state index contributed by atoms with van der Waals surface area (Å²) in [6.07, 6.45) is -3.79. The van der Waals surface area contributed by atoms with E-state index in [1.807, 2.05) is 0 Å². The van der Waals surface area contributed by atoms with E-state index in [9.17, 15) is 44.7 Å². The summed E-state index contributed by atoms with van der Waals surface area (Å²) in [5.41, 5.74) is -0.877. The van der Waals surface area contributed by atoms with E-state index in [0.29, 0.717) is 24.3 Å². The average Bonchev–Trinajstić information content (AvgIpc) is 2.78. The van der Waals surface area contributed by atoms with Crippen LogP contribution in [0.4, 0.5) is 35.1 Å². The number of hydrogen-bond acceptors (Lipinski definition) is 6. The summed E-state index contributed by atoms with van der Waals surface area (Å²) in [6.45, 7) is -0.941. The van der Waals surface area contributed by atoms with Crippen molar-refractivity contribution >= 4 is 11.9 Å². The van der Waals surface area contributed by atoms with Gasteiger partial charge in [0, 0.05) is 38.0 Å². The molecule has 2 fully saturated rings. The Kier molecular flexibility index (Phi) is 7.18. The lowest BCUT2D eigenvalue weighted by atomic mass is 9.91. The summed E-state index contributed by atoms with van der Waals surface area (Å²) >= 11 is 0. The van der Waals surface area contributed by atoms with Gasteiger partial charge in [-0.2, -0.15) is 0 Å². The van der Waals surface area contributed by atoms with Gasteiger partial charge in [0.05, 0.1) is 0 Å². The Morgan fingerprint density at radius 2 is 0.917 bits per heavy atom. The molecular formula is C22H16F8N2O4. The number of carbonyl (C=O) groups excluding carboxylic acids is 2. The lowest BCUT2D eigenvalue weighted by Gasteiger charge is -2.39. The van der Waals surface area contributed by atoms with Crippen molar-refractivity contribution in [1.29, 1.82) is 0 Å². The summed E-state index contributed by atoms with van der Waals surface area (Å²) < 4.78 is 108. The number of benzene rings is 2. The molecule has 0 bridgehead atoms. The van der Waals surface area contributed by atoms with Crippen LogP contribution in [0.1, 0.15) is 23.5 Å². The molecule has 2 aromatic rings. The van der Waals surface area contributed by atoms with Gasteiger partial charge in [0.25, 0.3) is 0 Å². The second kappa shape index (κ2) is 10.0. The van der Waals surface area contributed by atoms with Crippen molar-refractivity contribution in [2.24, 2.45) is 11.8 Å². The zero-order valence-electron chi connectivity index (χ0n) is 18.0. The van der Waals surface area contributed by atoms with Gasteiger partial charge in [-0.3, -0.25) is 0 Å². The standard InChI is InChI=1S/C22H16F8N2O4/c23-13-1-9(2-14(24)19(13)29)17(27)11-5-31(6-11)35-21(33)22(34)36-32-7-12(8-32)18(28)10-3-15(25)20(30)16(26)4-10/h1-4,11-12,17-18H,5-8H2. The molecule has 2 heterocycles. The number of nitrogens with zero attached hydrogens (tertiary/aromatic N) is 2. The van der Waals surface area contributed by atoms with Crippen LogP contribution in [0.2, 0.25) is 0 Å². The molecule has 2 aliphatic rings. The van der Waals surface area contributed by atoms with E-state index in [4.69, 9.17) is 9.68 Å². The molecule has 2 unspecified atom stereocenters. The van der Waals surface area contributed by atoms with Crippen LogP contribution in [-0.4, -0.2) is 48.2 Å². The van der Waals surface area contributed by atoms with Crippen molar-refractivity contribution in [3.63, 3.8) is 0 Å². The van der Waals surface area contributed by atoms with Crippen molar-refractivity contribution in [2.75, 3.05) is 26.2 Å². The molecule has 36 heavy (non-hydrogen) atoms. The van der Waals surface area contributed by atoms with Gasteiger partial charge in [-0.1, -0.05) is 0 Å². The minimum Gasteiger partial charge on any atom is -0.359 e. The average molecular weight is 524 g/mol. The highest BCUT2D eigenvalue weighted by Gasteiger charge is 2.41. The molecule has 0 N–H and O–H groups in total. The van der Waals surface area contributed by atoms with Crippen LogP contribution in [0.3, 0.4) is 0 Å². The highest BCUT2D eigenvalue weighted by molar-refractivity contribution is 6.29. The van der Waals surface area contributed by atoms with Crippen LogP contribution in [-0.2, 0) is 19.3 Å². The first-order valence-electron chi connectivity index (χ1n) is 10.5. The molecule has 4 rings (SSSR count). The van der Waals surface area contributed by atoms with E-state index in [0.717, 1.165) is 10.1 Å². The summed E-state index contributed by atoms with van der Waals surface area (Å²) in [7, 11) is 0. The molecule has 0 radical (unpaired) electrons. The highest BCUT2D eigenvalue weighted by Crippen LogP contribution is 2.36. The monoisotopic (exact) mass is 524 g/mol. The molecule has 2 aromatic carbocycles. The van der Waals surface area contributed by atoms with Crippen molar-refractivity contribution in [2.45, 2.75) is 12.3 Å². The van der Waals surface area contributed by atoms with E-state index >= 15 is 0 Å². The number of alkyl halides is 2. The molecule has 0 aliphatic carbocycles. The normalized spacial score (nSPS) is 18.8. The fraction of sp³-hybridized carbons (Fsp3) is 0.364. The zero-order valence-corrected chi connectivity index (χ0v) is 18.0. The van der Waals surface area contributed by atoms with Crippen molar-refractivity contribution in [3.8, 4) is 0 Å². The Morgan fingerprint density at radius 1 is 0.639 bits per heavy atom. The second-order valence-corrected chi connectivity index (χ2v) is 8.37. The first-order chi connectivity index (χ1) is 16.9. The summed E-state index contributed by atoms with van der Waals surface area (Å²) in [5.74, 6) is -14.4. The van der Waals surface area contributed by atoms with E-state index in [-0.39, 0.29) is 26.2 Å². The molecule has 194 valence electrons. The van der Waals surface area contributed by atoms with E-state index in [1.165, 1.54) is 0 Å². The fourth-order valence-electron chi connectivity index (χ4n) is 3.78. The van der Waals surface area contributed by atoms with Crippen LogP contribution in [0.25, 0.3) is 0 Å². The van der Waals surface area contributed by atoms with Crippen molar-refractivity contribution in [3.05, 3.63) is 70.3 Å². The zero-order chi connectivity index (χ0) is 26.3. The van der Waals surface area contributed by atoms with Crippen LogP contribution >= 0.6 is 0 Å². The smallest absolute Gasteiger partial charge is 0.359 e. The fourth-order valence-corrected chi connectivity index (χ4v) is 3.78. The maximum Gasteiger partial charge on any atom is 0.438 e. The number of halogens is 8. The molecule has 0 aromatic heterocycles. The molecule has 0 spiro atoms. The number of hydrogen-bond donors (Lipinski definition) is 0. The van der Waals surface area contributed by atoms with Gasteiger partial charge in [0.2, 0.25) is 0 Å². The molecular weight excluding hydrogens is 508 g/mol. The third kappa shape index (κ3) is 5.14. The maximum absolute atomic E-state index is 14.4. The van der Waals surface area contributed by atoms with E-state index in [2.05, 4.69) is 0 Å². The molecule has 6 nitrogen and oxygen atoms in total. The maximum atomic E-state index is 14.4. The second-order valence-electron chi connectivity index (χ2n) is 8.37. The third-order valence-electron chi connectivity index (χ3n) is 5.82. The van der Waals surface area contributed by atoms with Crippen LogP contribution in [0.15, 0.2) is 24.3 Å². The molecule has 14 heteroatoms. The molecule has 0 amide bonds. The van der Waals surface area contributed by atoms with Crippen LogP contribution in [0.5, 0.6) is 0 Å². The Bertz CT molecular complexity index is 1050. The minimum absolute atomic E-state index is 0.235.